The Morgan fingerprint density at radius 2 is 2.00 bits per heavy atom. The van der Waals surface area contributed by atoms with Gasteiger partial charge in [-0.15, -0.1) is 0 Å². The van der Waals surface area contributed by atoms with Crippen molar-refractivity contribution in [1.29, 1.82) is 0 Å². The normalized spacial score (nSPS) is 10.3. The number of anilines is 1. The summed E-state index contributed by atoms with van der Waals surface area (Å²) in [7, 11) is 1.64. The van der Waals surface area contributed by atoms with Crippen LogP contribution in [-0.4, -0.2) is 12.1 Å². The summed E-state index contributed by atoms with van der Waals surface area (Å²) in [5.41, 5.74) is 1.91. The fourth-order valence-electron chi connectivity index (χ4n) is 1.62. The lowest BCUT2D eigenvalue weighted by molar-refractivity contribution is 0.409. The van der Waals surface area contributed by atoms with Gasteiger partial charge in [-0.25, -0.2) is 4.98 Å². The molecule has 3 nitrogen and oxygen atoms in total. The van der Waals surface area contributed by atoms with E-state index < -0.39 is 0 Å². The summed E-state index contributed by atoms with van der Waals surface area (Å²) in [5, 5.41) is 3.71. The molecule has 1 heterocycles. The maximum Gasteiger partial charge on any atom is 0.152 e. The standard InChI is InChI=1S/C13H11Br2ClN2O/c1-19-12-9(14)5-8(6-10(12)15)7-18-11-3-2-4-17-13(11)16/h2-6,18H,7H2,1H3. The summed E-state index contributed by atoms with van der Waals surface area (Å²) in [6.45, 7) is 0.645. The van der Waals surface area contributed by atoms with Gasteiger partial charge in [0.15, 0.2) is 5.15 Å². The topological polar surface area (TPSA) is 34.1 Å². The molecule has 1 N–H and O–H groups in total. The van der Waals surface area contributed by atoms with E-state index in [0.717, 1.165) is 25.9 Å². The molecule has 0 saturated heterocycles. The third kappa shape index (κ3) is 3.61. The maximum atomic E-state index is 5.99. The van der Waals surface area contributed by atoms with Crippen molar-refractivity contribution in [3.63, 3.8) is 0 Å². The van der Waals surface area contributed by atoms with E-state index in [2.05, 4.69) is 42.2 Å². The van der Waals surface area contributed by atoms with Gasteiger partial charge >= 0.3 is 0 Å². The number of rotatable bonds is 4. The molecule has 0 aliphatic heterocycles. The highest BCUT2D eigenvalue weighted by molar-refractivity contribution is 9.11. The average molecular weight is 407 g/mol. The van der Waals surface area contributed by atoms with Gasteiger partial charge in [0, 0.05) is 12.7 Å². The first kappa shape index (κ1) is 14.6. The summed E-state index contributed by atoms with van der Waals surface area (Å²) in [5.74, 6) is 0.781. The molecule has 6 heteroatoms. The van der Waals surface area contributed by atoms with Crippen LogP contribution < -0.4 is 10.1 Å². The first-order chi connectivity index (χ1) is 9.11. The third-order valence-corrected chi connectivity index (χ3v) is 3.98. The lowest BCUT2D eigenvalue weighted by Gasteiger charge is -2.11. The molecule has 2 rings (SSSR count). The smallest absolute Gasteiger partial charge is 0.152 e. The second-order valence-corrected chi connectivity index (χ2v) is 5.85. The molecule has 0 aliphatic carbocycles. The molecule has 0 radical (unpaired) electrons. The van der Waals surface area contributed by atoms with E-state index in [4.69, 9.17) is 16.3 Å². The number of benzene rings is 1. The van der Waals surface area contributed by atoms with Crippen LogP contribution >= 0.6 is 43.5 Å². The average Bonchev–Trinajstić information content (AvgIpc) is 2.37. The van der Waals surface area contributed by atoms with Gasteiger partial charge in [0.05, 0.1) is 21.7 Å². The van der Waals surface area contributed by atoms with E-state index in [9.17, 15) is 0 Å². The van der Waals surface area contributed by atoms with Gasteiger partial charge in [0.1, 0.15) is 5.75 Å². The third-order valence-electron chi connectivity index (χ3n) is 2.50. The highest BCUT2D eigenvalue weighted by Crippen LogP contribution is 2.34. The lowest BCUT2D eigenvalue weighted by atomic mass is 10.2. The van der Waals surface area contributed by atoms with Crippen molar-refractivity contribution < 1.29 is 4.74 Å². The van der Waals surface area contributed by atoms with Crippen LogP contribution in [0.25, 0.3) is 0 Å². The van der Waals surface area contributed by atoms with Crippen LogP contribution in [-0.2, 0) is 6.54 Å². The first-order valence-corrected chi connectivity index (χ1v) is 7.44. The summed E-state index contributed by atoms with van der Waals surface area (Å²) in [4.78, 5) is 4.02. The molecule has 0 aliphatic rings. The molecule has 19 heavy (non-hydrogen) atoms. The van der Waals surface area contributed by atoms with Crippen molar-refractivity contribution in [2.45, 2.75) is 6.54 Å². The van der Waals surface area contributed by atoms with Gasteiger partial charge < -0.3 is 10.1 Å². The molecule has 1 aromatic heterocycles. The Balaban J connectivity index is 2.15. The van der Waals surface area contributed by atoms with Crippen LogP contribution in [0, 0.1) is 0 Å². The highest BCUT2D eigenvalue weighted by atomic mass is 79.9. The van der Waals surface area contributed by atoms with E-state index in [1.54, 1.807) is 13.3 Å². The first-order valence-electron chi connectivity index (χ1n) is 5.48. The second kappa shape index (κ2) is 6.59. The summed E-state index contributed by atoms with van der Waals surface area (Å²) >= 11 is 12.9. The summed E-state index contributed by atoms with van der Waals surface area (Å²) < 4.78 is 7.07. The number of nitrogens with one attached hydrogen (secondary N) is 1. The van der Waals surface area contributed by atoms with Gasteiger partial charge in [-0.2, -0.15) is 0 Å². The number of hydrogen-bond acceptors (Lipinski definition) is 3. The quantitative estimate of drug-likeness (QED) is 0.735. The van der Waals surface area contributed by atoms with Crippen molar-refractivity contribution >= 4 is 49.1 Å². The van der Waals surface area contributed by atoms with Gasteiger partial charge in [-0.3, -0.25) is 0 Å². The van der Waals surface area contributed by atoms with E-state index in [1.165, 1.54) is 0 Å². The number of hydrogen-bond donors (Lipinski definition) is 1. The van der Waals surface area contributed by atoms with Crippen molar-refractivity contribution in [1.82, 2.24) is 4.98 Å². The molecule has 0 saturated carbocycles. The summed E-state index contributed by atoms with van der Waals surface area (Å²) in [6, 6.07) is 7.73. The molecular weight excluding hydrogens is 395 g/mol. The minimum atomic E-state index is 0.467. The predicted octanol–water partition coefficient (Wildman–Crippen LogP) is 4.88. The predicted molar refractivity (Wildman–Crippen MR) is 85.0 cm³/mol. The maximum absolute atomic E-state index is 5.99. The number of pyridine rings is 1. The highest BCUT2D eigenvalue weighted by Gasteiger charge is 2.08. The van der Waals surface area contributed by atoms with Crippen LogP contribution in [0.1, 0.15) is 5.56 Å². The number of aromatic nitrogens is 1. The van der Waals surface area contributed by atoms with Crippen molar-refractivity contribution in [2.24, 2.45) is 0 Å². The Hall–Kier alpha value is -0.780. The molecule has 0 atom stereocenters. The fourth-order valence-corrected chi connectivity index (χ4v) is 3.42. The minimum absolute atomic E-state index is 0.467. The van der Waals surface area contributed by atoms with Gasteiger partial charge in [-0.05, 0) is 61.7 Å². The molecule has 2 aromatic rings. The molecular formula is C13H11Br2ClN2O. The molecule has 0 fully saturated rings. The van der Waals surface area contributed by atoms with Crippen molar-refractivity contribution in [2.75, 3.05) is 12.4 Å². The van der Waals surface area contributed by atoms with Gasteiger partial charge in [0.25, 0.3) is 0 Å². The summed E-state index contributed by atoms with van der Waals surface area (Å²) in [6.07, 6.45) is 1.66. The Labute approximate surface area is 133 Å². The zero-order valence-electron chi connectivity index (χ0n) is 10.1. The van der Waals surface area contributed by atoms with Gasteiger partial charge in [0.2, 0.25) is 0 Å². The molecule has 1 aromatic carbocycles. The molecule has 0 bridgehead atoms. The van der Waals surface area contributed by atoms with Crippen LogP contribution in [0.2, 0.25) is 5.15 Å². The molecule has 0 amide bonds. The Morgan fingerprint density at radius 1 is 1.32 bits per heavy atom. The van der Waals surface area contributed by atoms with Crippen LogP contribution in [0.4, 0.5) is 5.69 Å². The van der Waals surface area contributed by atoms with Crippen molar-refractivity contribution in [3.05, 3.63) is 50.1 Å². The molecule has 0 spiro atoms. The van der Waals surface area contributed by atoms with E-state index in [-0.39, 0.29) is 0 Å². The van der Waals surface area contributed by atoms with Crippen LogP contribution in [0.5, 0.6) is 5.75 Å². The Bertz CT molecular complexity index is 570. The van der Waals surface area contributed by atoms with Gasteiger partial charge in [-0.1, -0.05) is 11.6 Å². The van der Waals surface area contributed by atoms with E-state index in [0.29, 0.717) is 11.7 Å². The lowest BCUT2D eigenvalue weighted by Crippen LogP contribution is -2.01. The van der Waals surface area contributed by atoms with E-state index in [1.807, 2.05) is 24.3 Å². The van der Waals surface area contributed by atoms with Crippen molar-refractivity contribution in [3.8, 4) is 5.75 Å². The zero-order chi connectivity index (χ0) is 13.8. The monoisotopic (exact) mass is 404 g/mol. The number of methoxy groups -OCH3 is 1. The fraction of sp³-hybridized carbons (Fsp3) is 0.154. The SMILES string of the molecule is COc1c(Br)cc(CNc2cccnc2Cl)cc1Br. The van der Waals surface area contributed by atoms with Crippen LogP contribution in [0.15, 0.2) is 39.4 Å². The Kier molecular flexibility index (Phi) is 5.07. The molecule has 0 unspecified atom stereocenters. The van der Waals surface area contributed by atoms with Crippen LogP contribution in [0.3, 0.4) is 0 Å². The zero-order valence-corrected chi connectivity index (χ0v) is 14.0. The number of ether oxygens (including phenoxy) is 1. The second-order valence-electron chi connectivity index (χ2n) is 3.79. The Morgan fingerprint density at radius 3 is 2.58 bits per heavy atom. The largest absolute Gasteiger partial charge is 0.494 e. The van der Waals surface area contributed by atoms with E-state index >= 15 is 0 Å². The number of nitrogens with zero attached hydrogens (tertiary/aromatic N) is 1. The molecule has 100 valence electrons. The minimum Gasteiger partial charge on any atom is -0.494 e. The number of halogens is 3.